The van der Waals surface area contributed by atoms with E-state index in [1.54, 1.807) is 44.3 Å². The fraction of sp³-hybridized carbons (Fsp3) is 0.333. The van der Waals surface area contributed by atoms with Gasteiger partial charge in [0.05, 0.1) is 18.4 Å². The van der Waals surface area contributed by atoms with Crippen LogP contribution in [0.1, 0.15) is 29.8 Å². The summed E-state index contributed by atoms with van der Waals surface area (Å²) in [4.78, 5) is 23.5. The minimum Gasteiger partial charge on any atom is -0.462 e. The van der Waals surface area contributed by atoms with Crippen LogP contribution in [0.15, 0.2) is 35.5 Å². The number of H-pyrrole nitrogens is 1. The molecule has 0 bridgehead atoms. The Morgan fingerprint density at radius 2 is 2.00 bits per heavy atom. The van der Waals surface area contributed by atoms with Crippen molar-refractivity contribution in [3.05, 3.63) is 41.6 Å². The number of nitrogens with zero attached hydrogens (tertiary/aromatic N) is 2. The second-order valence-corrected chi connectivity index (χ2v) is 5.95. The van der Waals surface area contributed by atoms with Gasteiger partial charge in [0.15, 0.2) is 0 Å². The number of ether oxygens (including phenoxy) is 2. The maximum Gasteiger partial charge on any atom is 0.338 e. The van der Waals surface area contributed by atoms with Gasteiger partial charge in [-0.1, -0.05) is 23.9 Å². The molecule has 1 atom stereocenters. The van der Waals surface area contributed by atoms with E-state index < -0.39 is 0 Å². The third-order valence-corrected chi connectivity index (χ3v) is 3.85. The highest BCUT2D eigenvalue weighted by Gasteiger charge is 2.17. The third kappa shape index (κ3) is 5.10. The molecule has 1 heterocycles. The number of aromatic nitrogens is 3. The van der Waals surface area contributed by atoms with Gasteiger partial charge in [-0.2, -0.15) is 10.3 Å². The van der Waals surface area contributed by atoms with E-state index in [2.05, 4.69) is 15.4 Å². The molecule has 7 nitrogen and oxygen atoms in total. The highest BCUT2D eigenvalue weighted by molar-refractivity contribution is 8.00. The van der Waals surface area contributed by atoms with Gasteiger partial charge < -0.3 is 9.47 Å². The number of carbonyl (C=O) groups excluding carboxylic acids is 2. The molecule has 2 rings (SSSR count). The van der Waals surface area contributed by atoms with Gasteiger partial charge in [-0.05, 0) is 31.5 Å². The quantitative estimate of drug-likeness (QED) is 0.612. The molecule has 1 aromatic heterocycles. The van der Waals surface area contributed by atoms with E-state index in [1.807, 2.05) is 0 Å². The zero-order valence-electron chi connectivity index (χ0n) is 12.8. The Balaban J connectivity index is 1.83. The summed E-state index contributed by atoms with van der Waals surface area (Å²) in [7, 11) is 0. The molecule has 23 heavy (non-hydrogen) atoms. The number of benzene rings is 1. The molecule has 0 aliphatic heterocycles. The van der Waals surface area contributed by atoms with E-state index >= 15 is 0 Å². The molecule has 0 saturated heterocycles. The van der Waals surface area contributed by atoms with E-state index in [0.29, 0.717) is 17.2 Å². The maximum absolute atomic E-state index is 11.9. The minimum absolute atomic E-state index is 0.144. The SMILES string of the molecule is CCOC(=O)c1ccc(COC(=O)C(C)Sc2cn[nH]n2)cc1. The predicted molar refractivity (Wildman–Crippen MR) is 83.9 cm³/mol. The first-order chi connectivity index (χ1) is 11.1. The lowest BCUT2D eigenvalue weighted by Crippen LogP contribution is -2.16. The highest BCUT2D eigenvalue weighted by Crippen LogP contribution is 2.21. The summed E-state index contributed by atoms with van der Waals surface area (Å²) in [5.74, 6) is -0.707. The van der Waals surface area contributed by atoms with Crippen LogP contribution < -0.4 is 0 Å². The molecule has 0 amide bonds. The number of thioether (sulfide) groups is 1. The fourth-order valence-electron chi connectivity index (χ4n) is 1.70. The fourth-order valence-corrected chi connectivity index (χ4v) is 2.43. The molecule has 0 saturated carbocycles. The summed E-state index contributed by atoms with van der Waals surface area (Å²) in [6.45, 7) is 3.97. The van der Waals surface area contributed by atoms with Crippen molar-refractivity contribution >= 4 is 23.7 Å². The largest absolute Gasteiger partial charge is 0.462 e. The Morgan fingerprint density at radius 3 is 2.61 bits per heavy atom. The lowest BCUT2D eigenvalue weighted by atomic mass is 10.1. The van der Waals surface area contributed by atoms with Crippen LogP contribution in [0.4, 0.5) is 0 Å². The minimum atomic E-state index is -0.390. The number of hydrogen-bond acceptors (Lipinski definition) is 7. The number of esters is 2. The van der Waals surface area contributed by atoms with Crippen molar-refractivity contribution < 1.29 is 19.1 Å². The van der Waals surface area contributed by atoms with Crippen molar-refractivity contribution in [2.24, 2.45) is 0 Å². The number of nitrogens with one attached hydrogen (secondary N) is 1. The second-order valence-electron chi connectivity index (χ2n) is 4.59. The number of aromatic amines is 1. The van der Waals surface area contributed by atoms with Gasteiger partial charge in [0, 0.05) is 0 Å². The zero-order chi connectivity index (χ0) is 16.7. The Labute approximate surface area is 137 Å². The van der Waals surface area contributed by atoms with E-state index in [-0.39, 0.29) is 23.8 Å². The monoisotopic (exact) mass is 335 g/mol. The summed E-state index contributed by atoms with van der Waals surface area (Å²) in [6.07, 6.45) is 1.54. The highest BCUT2D eigenvalue weighted by atomic mass is 32.2. The van der Waals surface area contributed by atoms with E-state index in [4.69, 9.17) is 9.47 Å². The van der Waals surface area contributed by atoms with Gasteiger partial charge in [-0.15, -0.1) is 5.10 Å². The van der Waals surface area contributed by atoms with Crippen LogP contribution in [-0.2, 0) is 20.9 Å². The molecule has 1 N–H and O–H groups in total. The normalized spacial score (nSPS) is 11.7. The summed E-state index contributed by atoms with van der Waals surface area (Å²) in [5, 5.41) is 10.3. The van der Waals surface area contributed by atoms with Gasteiger partial charge in [-0.3, -0.25) is 4.79 Å². The lowest BCUT2D eigenvalue weighted by molar-refractivity contribution is -0.143. The van der Waals surface area contributed by atoms with Gasteiger partial charge in [-0.25, -0.2) is 4.79 Å². The molecule has 0 radical (unpaired) electrons. The Morgan fingerprint density at radius 1 is 1.26 bits per heavy atom. The van der Waals surface area contributed by atoms with Crippen molar-refractivity contribution in [1.82, 2.24) is 15.4 Å². The molecule has 2 aromatic rings. The molecule has 0 aliphatic carbocycles. The van der Waals surface area contributed by atoms with Crippen LogP contribution in [-0.4, -0.2) is 39.2 Å². The number of hydrogen-bond donors (Lipinski definition) is 1. The molecule has 8 heteroatoms. The van der Waals surface area contributed by atoms with E-state index in [0.717, 1.165) is 5.56 Å². The second kappa shape index (κ2) is 8.33. The third-order valence-electron chi connectivity index (χ3n) is 2.87. The van der Waals surface area contributed by atoms with Gasteiger partial charge >= 0.3 is 11.9 Å². The molecular weight excluding hydrogens is 318 g/mol. The topological polar surface area (TPSA) is 94.2 Å². The number of carbonyl (C=O) groups is 2. The summed E-state index contributed by atoms with van der Waals surface area (Å²) >= 11 is 1.26. The molecule has 1 aromatic carbocycles. The van der Waals surface area contributed by atoms with Gasteiger partial charge in [0.25, 0.3) is 0 Å². The average molecular weight is 335 g/mol. The van der Waals surface area contributed by atoms with E-state index in [1.165, 1.54) is 11.8 Å². The number of rotatable bonds is 7. The zero-order valence-corrected chi connectivity index (χ0v) is 13.6. The molecule has 0 fully saturated rings. The lowest BCUT2D eigenvalue weighted by Gasteiger charge is -2.10. The summed E-state index contributed by atoms with van der Waals surface area (Å²) < 4.78 is 10.2. The predicted octanol–water partition coefficient (Wildman–Crippen LogP) is 2.21. The van der Waals surface area contributed by atoms with Crippen molar-refractivity contribution in [2.75, 3.05) is 6.61 Å². The molecule has 1 unspecified atom stereocenters. The first-order valence-corrected chi connectivity index (χ1v) is 7.93. The molecule has 0 spiro atoms. The molecular formula is C15H17N3O4S. The van der Waals surface area contributed by atoms with Gasteiger partial charge in [0.1, 0.15) is 16.9 Å². The molecule has 0 aliphatic rings. The van der Waals surface area contributed by atoms with Crippen LogP contribution in [0, 0.1) is 0 Å². The van der Waals surface area contributed by atoms with Crippen molar-refractivity contribution in [1.29, 1.82) is 0 Å². The average Bonchev–Trinajstić information content (AvgIpc) is 3.06. The van der Waals surface area contributed by atoms with E-state index in [9.17, 15) is 9.59 Å². The first kappa shape index (κ1) is 17.0. The van der Waals surface area contributed by atoms with Crippen LogP contribution in [0.2, 0.25) is 0 Å². The van der Waals surface area contributed by atoms with Crippen molar-refractivity contribution in [3.8, 4) is 0 Å². The van der Waals surface area contributed by atoms with Crippen LogP contribution in [0.3, 0.4) is 0 Å². The Kier molecular flexibility index (Phi) is 6.16. The summed E-state index contributed by atoms with van der Waals surface area (Å²) in [6, 6.07) is 6.76. The maximum atomic E-state index is 11.9. The molecule has 122 valence electrons. The van der Waals surface area contributed by atoms with Crippen molar-refractivity contribution in [3.63, 3.8) is 0 Å². The van der Waals surface area contributed by atoms with Gasteiger partial charge in [0.2, 0.25) is 0 Å². The van der Waals surface area contributed by atoms with Crippen LogP contribution in [0.25, 0.3) is 0 Å². The summed E-state index contributed by atoms with van der Waals surface area (Å²) in [5.41, 5.74) is 1.27. The van der Waals surface area contributed by atoms with Crippen LogP contribution >= 0.6 is 11.8 Å². The standard InChI is InChI=1S/C15H17N3O4S/c1-3-21-15(20)12-6-4-11(5-7-12)9-22-14(19)10(2)23-13-8-16-18-17-13/h4-8,10H,3,9H2,1-2H3,(H,16,17,18). The first-order valence-electron chi connectivity index (χ1n) is 7.05. The van der Waals surface area contributed by atoms with Crippen molar-refractivity contribution in [2.45, 2.75) is 30.7 Å². The Bertz CT molecular complexity index is 643. The smallest absolute Gasteiger partial charge is 0.338 e. The van der Waals surface area contributed by atoms with Crippen LogP contribution in [0.5, 0.6) is 0 Å². The Hall–Kier alpha value is -2.35.